The van der Waals surface area contributed by atoms with Crippen molar-refractivity contribution in [3.8, 4) is 11.6 Å². The standard InChI is InChI=1S/C11H12N6O/c12-17-9-7-6-18-5-2-8(7)15-11(16-9)10-13-3-1-4-14-10/h1,3-4H,2,5-6,12H2,(H,15,16,17). The minimum Gasteiger partial charge on any atom is -0.376 e. The van der Waals surface area contributed by atoms with Crippen LogP contribution >= 0.6 is 0 Å². The third-order valence-electron chi connectivity index (χ3n) is 2.72. The number of aromatic nitrogens is 4. The number of nitrogens with one attached hydrogen (secondary N) is 1. The molecule has 0 spiro atoms. The molecule has 2 aromatic rings. The number of nitrogen functional groups attached to an aromatic ring is 1. The Labute approximate surface area is 103 Å². The van der Waals surface area contributed by atoms with Gasteiger partial charge in [0.15, 0.2) is 11.6 Å². The molecule has 0 aromatic carbocycles. The third-order valence-corrected chi connectivity index (χ3v) is 2.72. The number of anilines is 1. The fourth-order valence-corrected chi connectivity index (χ4v) is 1.87. The Balaban J connectivity index is 2.12. The maximum absolute atomic E-state index is 5.48. The molecular weight excluding hydrogens is 232 g/mol. The molecular formula is C11H12N6O. The van der Waals surface area contributed by atoms with Gasteiger partial charge in [-0.25, -0.2) is 25.8 Å². The SMILES string of the molecule is NNc1nc(-c2ncccn2)nc2c1COCC2. The van der Waals surface area contributed by atoms with E-state index in [0.717, 1.165) is 17.7 Å². The van der Waals surface area contributed by atoms with Gasteiger partial charge in [0.25, 0.3) is 0 Å². The monoisotopic (exact) mass is 244 g/mol. The van der Waals surface area contributed by atoms with Crippen molar-refractivity contribution >= 4 is 5.82 Å². The van der Waals surface area contributed by atoms with Gasteiger partial charge in [0.05, 0.1) is 18.9 Å². The Hall–Kier alpha value is -2.12. The summed E-state index contributed by atoms with van der Waals surface area (Å²) in [4.78, 5) is 17.1. The largest absolute Gasteiger partial charge is 0.376 e. The molecule has 18 heavy (non-hydrogen) atoms. The molecule has 0 saturated carbocycles. The molecule has 0 radical (unpaired) electrons. The number of ether oxygens (including phenoxy) is 1. The van der Waals surface area contributed by atoms with Gasteiger partial charge in [-0.15, -0.1) is 0 Å². The van der Waals surface area contributed by atoms with Gasteiger partial charge < -0.3 is 10.2 Å². The molecule has 7 heteroatoms. The van der Waals surface area contributed by atoms with Crippen molar-refractivity contribution in [1.29, 1.82) is 0 Å². The molecule has 0 aliphatic carbocycles. The van der Waals surface area contributed by atoms with E-state index in [0.29, 0.717) is 30.7 Å². The van der Waals surface area contributed by atoms with Crippen molar-refractivity contribution in [3.63, 3.8) is 0 Å². The van der Waals surface area contributed by atoms with Crippen LogP contribution in [0.25, 0.3) is 11.6 Å². The van der Waals surface area contributed by atoms with Crippen molar-refractivity contribution in [2.75, 3.05) is 12.0 Å². The van der Waals surface area contributed by atoms with Crippen LogP contribution in [0.1, 0.15) is 11.3 Å². The van der Waals surface area contributed by atoms with Gasteiger partial charge in [0.2, 0.25) is 0 Å². The van der Waals surface area contributed by atoms with Crippen LogP contribution in [0.2, 0.25) is 0 Å². The van der Waals surface area contributed by atoms with Crippen LogP contribution in [-0.4, -0.2) is 26.5 Å². The average molecular weight is 244 g/mol. The molecule has 7 nitrogen and oxygen atoms in total. The molecule has 0 fully saturated rings. The summed E-state index contributed by atoms with van der Waals surface area (Å²) in [5.74, 6) is 7.02. The lowest BCUT2D eigenvalue weighted by atomic mass is 10.1. The van der Waals surface area contributed by atoms with Gasteiger partial charge >= 0.3 is 0 Å². The number of nitrogens with zero attached hydrogens (tertiary/aromatic N) is 4. The van der Waals surface area contributed by atoms with Crippen LogP contribution < -0.4 is 11.3 Å². The molecule has 0 amide bonds. The van der Waals surface area contributed by atoms with E-state index >= 15 is 0 Å². The number of hydrogen-bond donors (Lipinski definition) is 2. The Morgan fingerprint density at radius 3 is 2.78 bits per heavy atom. The summed E-state index contributed by atoms with van der Waals surface area (Å²) in [7, 11) is 0. The molecule has 2 aromatic heterocycles. The van der Waals surface area contributed by atoms with E-state index < -0.39 is 0 Å². The zero-order valence-corrected chi connectivity index (χ0v) is 9.63. The average Bonchev–Trinajstić information content (AvgIpc) is 2.47. The van der Waals surface area contributed by atoms with Crippen LogP contribution in [0.4, 0.5) is 5.82 Å². The fraction of sp³-hybridized carbons (Fsp3) is 0.273. The maximum Gasteiger partial charge on any atom is 0.199 e. The summed E-state index contributed by atoms with van der Waals surface area (Å²) in [5.41, 5.74) is 4.42. The van der Waals surface area contributed by atoms with Crippen molar-refractivity contribution in [3.05, 3.63) is 29.7 Å². The second-order valence-corrected chi connectivity index (χ2v) is 3.84. The number of fused-ring (bicyclic) bond motifs is 1. The summed E-state index contributed by atoms with van der Waals surface area (Å²) in [6.45, 7) is 1.13. The Bertz CT molecular complexity index is 542. The highest BCUT2D eigenvalue weighted by atomic mass is 16.5. The van der Waals surface area contributed by atoms with E-state index in [4.69, 9.17) is 10.6 Å². The molecule has 0 bridgehead atoms. The first-order chi connectivity index (χ1) is 8.88. The van der Waals surface area contributed by atoms with E-state index in [1.807, 2.05) is 0 Å². The Morgan fingerprint density at radius 1 is 1.17 bits per heavy atom. The highest BCUT2D eigenvalue weighted by Gasteiger charge is 2.19. The van der Waals surface area contributed by atoms with Crippen LogP contribution in [0.15, 0.2) is 18.5 Å². The summed E-state index contributed by atoms with van der Waals surface area (Å²) in [5, 5.41) is 0. The van der Waals surface area contributed by atoms with E-state index in [2.05, 4.69) is 25.4 Å². The lowest BCUT2D eigenvalue weighted by molar-refractivity contribution is 0.109. The van der Waals surface area contributed by atoms with E-state index in [-0.39, 0.29) is 0 Å². The summed E-state index contributed by atoms with van der Waals surface area (Å²) in [6.07, 6.45) is 4.06. The quantitative estimate of drug-likeness (QED) is 0.578. The third kappa shape index (κ3) is 1.89. The first kappa shape index (κ1) is 11.0. The molecule has 3 rings (SSSR count). The normalized spacial score (nSPS) is 14.1. The predicted molar refractivity (Wildman–Crippen MR) is 64.2 cm³/mol. The van der Waals surface area contributed by atoms with Gasteiger partial charge in [0, 0.05) is 24.4 Å². The van der Waals surface area contributed by atoms with Crippen molar-refractivity contribution in [1.82, 2.24) is 19.9 Å². The first-order valence-corrected chi connectivity index (χ1v) is 5.60. The van der Waals surface area contributed by atoms with Crippen LogP contribution in [0, 0.1) is 0 Å². The summed E-state index contributed by atoms with van der Waals surface area (Å²) < 4.78 is 5.38. The molecule has 1 aliphatic heterocycles. The number of nitrogens with two attached hydrogens (primary N) is 1. The molecule has 0 atom stereocenters. The molecule has 0 saturated heterocycles. The van der Waals surface area contributed by atoms with Gasteiger partial charge in [-0.05, 0) is 6.07 Å². The minimum absolute atomic E-state index is 0.476. The summed E-state index contributed by atoms with van der Waals surface area (Å²) in [6, 6.07) is 1.75. The molecule has 3 heterocycles. The highest BCUT2D eigenvalue weighted by Crippen LogP contribution is 2.23. The van der Waals surface area contributed by atoms with Gasteiger partial charge in [-0.2, -0.15) is 0 Å². The van der Waals surface area contributed by atoms with Crippen LogP contribution in [0.3, 0.4) is 0 Å². The fourth-order valence-electron chi connectivity index (χ4n) is 1.87. The maximum atomic E-state index is 5.48. The molecule has 92 valence electrons. The Morgan fingerprint density at radius 2 is 2.00 bits per heavy atom. The smallest absolute Gasteiger partial charge is 0.199 e. The van der Waals surface area contributed by atoms with Crippen molar-refractivity contribution < 1.29 is 4.74 Å². The first-order valence-electron chi connectivity index (χ1n) is 5.60. The van der Waals surface area contributed by atoms with Crippen LogP contribution in [-0.2, 0) is 17.8 Å². The van der Waals surface area contributed by atoms with E-state index in [1.54, 1.807) is 18.5 Å². The number of hydrazine groups is 1. The van der Waals surface area contributed by atoms with E-state index in [9.17, 15) is 0 Å². The molecule has 0 unspecified atom stereocenters. The zero-order valence-electron chi connectivity index (χ0n) is 9.63. The van der Waals surface area contributed by atoms with Crippen molar-refractivity contribution in [2.24, 2.45) is 5.84 Å². The van der Waals surface area contributed by atoms with Gasteiger partial charge in [-0.3, -0.25) is 0 Å². The predicted octanol–water partition coefficient (Wildman–Crippen LogP) is 0.292. The minimum atomic E-state index is 0.476. The second kappa shape index (κ2) is 4.63. The lowest BCUT2D eigenvalue weighted by Crippen LogP contribution is -2.19. The lowest BCUT2D eigenvalue weighted by Gasteiger charge is -2.18. The second-order valence-electron chi connectivity index (χ2n) is 3.84. The topological polar surface area (TPSA) is 98.8 Å². The highest BCUT2D eigenvalue weighted by molar-refractivity contribution is 5.53. The zero-order chi connectivity index (χ0) is 12.4. The van der Waals surface area contributed by atoms with E-state index in [1.165, 1.54) is 0 Å². The molecule has 1 aliphatic rings. The van der Waals surface area contributed by atoms with Crippen LogP contribution in [0.5, 0.6) is 0 Å². The van der Waals surface area contributed by atoms with Gasteiger partial charge in [0.1, 0.15) is 5.82 Å². The Kier molecular flexibility index (Phi) is 2.83. The number of rotatable bonds is 2. The summed E-state index contributed by atoms with van der Waals surface area (Å²) >= 11 is 0. The number of hydrogen-bond acceptors (Lipinski definition) is 7. The van der Waals surface area contributed by atoms with Gasteiger partial charge in [-0.1, -0.05) is 0 Å². The van der Waals surface area contributed by atoms with Crippen molar-refractivity contribution in [2.45, 2.75) is 13.0 Å². The molecule has 3 N–H and O–H groups in total.